The number of aromatic nitrogens is 5. The topological polar surface area (TPSA) is 65.1 Å². The van der Waals surface area contributed by atoms with Crippen LogP contribution < -0.4 is 5.56 Å². The lowest BCUT2D eigenvalue weighted by molar-refractivity contribution is 0.946. The van der Waals surface area contributed by atoms with Gasteiger partial charge < -0.3 is 0 Å². The predicted molar refractivity (Wildman–Crippen MR) is 109 cm³/mol. The summed E-state index contributed by atoms with van der Waals surface area (Å²) in [5.41, 5.74) is 3.59. The van der Waals surface area contributed by atoms with Gasteiger partial charge >= 0.3 is 0 Å². The van der Waals surface area contributed by atoms with Crippen molar-refractivity contribution < 1.29 is 0 Å². The molecule has 0 amide bonds. The molecular formula is C21H14ClN5O. The van der Waals surface area contributed by atoms with Gasteiger partial charge in [-0.15, -0.1) is 0 Å². The fourth-order valence-corrected chi connectivity index (χ4v) is 3.59. The second kappa shape index (κ2) is 6.28. The summed E-state index contributed by atoms with van der Waals surface area (Å²) < 4.78 is 3.20. The Morgan fingerprint density at radius 1 is 1.04 bits per heavy atom. The maximum atomic E-state index is 13.6. The van der Waals surface area contributed by atoms with E-state index in [4.69, 9.17) is 11.6 Å². The van der Waals surface area contributed by atoms with Gasteiger partial charge in [-0.1, -0.05) is 48.0 Å². The first-order chi connectivity index (χ1) is 13.6. The number of aryl methyl sites for hydroxylation is 1. The summed E-state index contributed by atoms with van der Waals surface area (Å²) in [6.07, 6.45) is 3.16. The van der Waals surface area contributed by atoms with Crippen molar-refractivity contribution in [2.75, 3.05) is 0 Å². The minimum absolute atomic E-state index is 0.188. The number of benzene rings is 2. The molecule has 0 atom stereocenters. The number of pyridine rings is 1. The van der Waals surface area contributed by atoms with Crippen LogP contribution in [0.4, 0.5) is 0 Å². The van der Waals surface area contributed by atoms with Crippen molar-refractivity contribution >= 4 is 28.3 Å². The number of nitrogens with zero attached hydrogens (tertiary/aromatic N) is 5. The van der Waals surface area contributed by atoms with Crippen LogP contribution >= 0.6 is 11.6 Å². The van der Waals surface area contributed by atoms with E-state index in [1.807, 2.05) is 55.5 Å². The van der Waals surface area contributed by atoms with E-state index in [-0.39, 0.29) is 5.56 Å². The zero-order valence-electron chi connectivity index (χ0n) is 14.9. The summed E-state index contributed by atoms with van der Waals surface area (Å²) in [4.78, 5) is 22.3. The van der Waals surface area contributed by atoms with Crippen molar-refractivity contribution in [3.63, 3.8) is 0 Å². The second-order valence-electron chi connectivity index (χ2n) is 6.48. The maximum absolute atomic E-state index is 13.6. The molecule has 0 aliphatic rings. The standard InChI is InChI=1S/C21H14ClN5O/c1-13-7-8-15(22)11-17(13)26-10-9-16-18(20(26)28)19(14-5-3-2-4-6-14)27-21(25-16)23-12-24-27/h2-12H,1H3. The van der Waals surface area contributed by atoms with Gasteiger partial charge in [-0.05, 0) is 30.7 Å². The van der Waals surface area contributed by atoms with Crippen molar-refractivity contribution in [1.29, 1.82) is 0 Å². The lowest BCUT2D eigenvalue weighted by Crippen LogP contribution is -2.20. The van der Waals surface area contributed by atoms with Crippen LogP contribution in [0.1, 0.15) is 5.56 Å². The molecule has 0 N–H and O–H groups in total. The van der Waals surface area contributed by atoms with Crippen LogP contribution in [0.5, 0.6) is 0 Å². The summed E-state index contributed by atoms with van der Waals surface area (Å²) in [5.74, 6) is 0.447. The van der Waals surface area contributed by atoms with E-state index in [1.54, 1.807) is 21.3 Å². The van der Waals surface area contributed by atoms with Crippen LogP contribution in [-0.2, 0) is 0 Å². The Morgan fingerprint density at radius 2 is 1.86 bits per heavy atom. The van der Waals surface area contributed by atoms with Crippen molar-refractivity contribution in [3.8, 4) is 16.9 Å². The first-order valence-corrected chi connectivity index (χ1v) is 9.08. The number of halogens is 1. The van der Waals surface area contributed by atoms with Crippen LogP contribution in [0, 0.1) is 6.92 Å². The normalized spacial score (nSPS) is 11.4. The molecule has 0 radical (unpaired) electrons. The Bertz CT molecular complexity index is 1410. The molecule has 0 bridgehead atoms. The molecule has 0 aliphatic carbocycles. The van der Waals surface area contributed by atoms with Gasteiger partial charge in [-0.3, -0.25) is 9.36 Å². The molecule has 0 unspecified atom stereocenters. The van der Waals surface area contributed by atoms with Gasteiger partial charge in [-0.25, -0.2) is 4.98 Å². The van der Waals surface area contributed by atoms with Crippen molar-refractivity contribution in [3.05, 3.63) is 88.1 Å². The molecule has 0 fully saturated rings. The fraction of sp³-hybridized carbons (Fsp3) is 0.0476. The maximum Gasteiger partial charge on any atom is 0.266 e. The summed E-state index contributed by atoms with van der Waals surface area (Å²) in [6.45, 7) is 1.94. The minimum Gasteiger partial charge on any atom is -0.283 e. The molecule has 0 aliphatic heterocycles. The van der Waals surface area contributed by atoms with Gasteiger partial charge in [0.1, 0.15) is 6.33 Å². The Labute approximate surface area is 164 Å². The lowest BCUT2D eigenvalue weighted by atomic mass is 10.1. The quantitative estimate of drug-likeness (QED) is 0.458. The van der Waals surface area contributed by atoms with E-state index in [0.29, 0.717) is 27.4 Å². The van der Waals surface area contributed by atoms with E-state index in [9.17, 15) is 4.79 Å². The Hall–Kier alpha value is -3.51. The molecule has 0 saturated carbocycles. The van der Waals surface area contributed by atoms with Crippen molar-refractivity contribution in [2.45, 2.75) is 6.92 Å². The zero-order valence-corrected chi connectivity index (χ0v) is 15.6. The molecule has 136 valence electrons. The number of rotatable bonds is 2. The second-order valence-corrected chi connectivity index (χ2v) is 6.92. The Balaban J connectivity index is 1.94. The number of hydrogen-bond donors (Lipinski definition) is 0. The molecule has 28 heavy (non-hydrogen) atoms. The van der Waals surface area contributed by atoms with E-state index in [1.165, 1.54) is 6.33 Å². The first kappa shape index (κ1) is 16.6. The highest BCUT2D eigenvalue weighted by molar-refractivity contribution is 6.30. The average molecular weight is 388 g/mol. The third-order valence-corrected chi connectivity index (χ3v) is 4.98. The monoisotopic (exact) mass is 387 g/mol. The molecule has 0 spiro atoms. The van der Waals surface area contributed by atoms with Gasteiger partial charge in [0.05, 0.1) is 22.3 Å². The van der Waals surface area contributed by atoms with Gasteiger partial charge in [0.25, 0.3) is 11.3 Å². The van der Waals surface area contributed by atoms with Gasteiger partial charge in [-0.2, -0.15) is 14.6 Å². The fourth-order valence-electron chi connectivity index (χ4n) is 3.42. The number of fused-ring (bicyclic) bond motifs is 2. The van der Waals surface area contributed by atoms with E-state index >= 15 is 0 Å². The third-order valence-electron chi connectivity index (χ3n) is 4.75. The molecular weight excluding hydrogens is 374 g/mol. The highest BCUT2D eigenvalue weighted by Crippen LogP contribution is 2.26. The molecule has 5 rings (SSSR count). The highest BCUT2D eigenvalue weighted by Gasteiger charge is 2.18. The van der Waals surface area contributed by atoms with E-state index in [2.05, 4.69) is 15.1 Å². The smallest absolute Gasteiger partial charge is 0.266 e. The highest BCUT2D eigenvalue weighted by atomic mass is 35.5. The Kier molecular flexibility index (Phi) is 3.74. The zero-order chi connectivity index (χ0) is 19.3. The predicted octanol–water partition coefficient (Wildman–Crippen LogP) is 4.06. The van der Waals surface area contributed by atoms with Crippen LogP contribution in [-0.4, -0.2) is 24.1 Å². The van der Waals surface area contributed by atoms with Crippen molar-refractivity contribution in [2.24, 2.45) is 0 Å². The largest absolute Gasteiger partial charge is 0.283 e. The van der Waals surface area contributed by atoms with Crippen molar-refractivity contribution in [1.82, 2.24) is 24.1 Å². The number of hydrogen-bond acceptors (Lipinski definition) is 4. The SMILES string of the molecule is Cc1ccc(Cl)cc1-n1ccc2nc3ncnn3c(-c3ccccc3)c2c1=O. The van der Waals surface area contributed by atoms with Crippen LogP contribution in [0.15, 0.2) is 71.9 Å². The summed E-state index contributed by atoms with van der Waals surface area (Å²) in [5, 5.41) is 5.34. The molecule has 5 aromatic rings. The molecule has 7 heteroatoms. The molecule has 6 nitrogen and oxygen atoms in total. The van der Waals surface area contributed by atoms with Crippen LogP contribution in [0.3, 0.4) is 0 Å². The Morgan fingerprint density at radius 3 is 2.68 bits per heavy atom. The summed E-state index contributed by atoms with van der Waals surface area (Å²) in [6, 6.07) is 17.0. The lowest BCUT2D eigenvalue weighted by Gasteiger charge is -2.13. The van der Waals surface area contributed by atoms with E-state index in [0.717, 1.165) is 16.8 Å². The molecule has 3 aromatic heterocycles. The summed E-state index contributed by atoms with van der Waals surface area (Å²) in [7, 11) is 0. The van der Waals surface area contributed by atoms with Gasteiger partial charge in [0.15, 0.2) is 0 Å². The minimum atomic E-state index is -0.188. The average Bonchev–Trinajstić information content (AvgIpc) is 3.18. The van der Waals surface area contributed by atoms with Gasteiger partial charge in [0, 0.05) is 16.8 Å². The van der Waals surface area contributed by atoms with Crippen LogP contribution in [0.25, 0.3) is 33.6 Å². The van der Waals surface area contributed by atoms with E-state index < -0.39 is 0 Å². The summed E-state index contributed by atoms with van der Waals surface area (Å²) >= 11 is 6.18. The third kappa shape index (κ3) is 2.50. The first-order valence-electron chi connectivity index (χ1n) is 8.70. The molecule has 2 aromatic carbocycles. The molecule has 0 saturated heterocycles. The van der Waals surface area contributed by atoms with Gasteiger partial charge in [0.2, 0.25) is 0 Å². The molecule has 3 heterocycles. The van der Waals surface area contributed by atoms with Crippen LogP contribution in [0.2, 0.25) is 5.02 Å².